The number of fused-ring (bicyclic) bond motifs is 1. The highest BCUT2D eigenvalue weighted by atomic mass is 16.5. The summed E-state index contributed by atoms with van der Waals surface area (Å²) in [4.78, 5) is 15.2. The minimum absolute atomic E-state index is 0.00959. The number of hydrogen-bond acceptors (Lipinski definition) is 4. The van der Waals surface area contributed by atoms with E-state index in [0.717, 1.165) is 23.4 Å². The molecule has 1 aliphatic rings. The molecular formula is C20H26N2O3. The maximum Gasteiger partial charge on any atom is 0.259 e. The highest BCUT2D eigenvalue weighted by Gasteiger charge is 2.35. The number of ether oxygens (including phenoxy) is 1. The van der Waals surface area contributed by atoms with E-state index in [-0.39, 0.29) is 17.4 Å². The first kappa shape index (κ1) is 17.5. The van der Waals surface area contributed by atoms with Crippen molar-refractivity contribution in [1.82, 2.24) is 10.1 Å². The number of carbonyl (C=O) groups excluding carboxylic acids is 1. The summed E-state index contributed by atoms with van der Waals surface area (Å²) in [7, 11) is 1.66. The molecule has 1 aliphatic heterocycles. The monoisotopic (exact) mass is 342 g/mol. The first-order valence-electron chi connectivity index (χ1n) is 8.68. The third-order valence-corrected chi connectivity index (χ3v) is 4.94. The summed E-state index contributed by atoms with van der Waals surface area (Å²) >= 11 is 0. The lowest BCUT2D eigenvalue weighted by atomic mass is 9.87. The Kier molecular flexibility index (Phi) is 4.35. The van der Waals surface area contributed by atoms with Gasteiger partial charge < -0.3 is 14.2 Å². The molecule has 1 atom stereocenters. The molecule has 0 N–H and O–H groups in total. The number of rotatable bonds is 2. The molecule has 0 saturated heterocycles. The van der Waals surface area contributed by atoms with Crippen LogP contribution in [-0.2, 0) is 11.8 Å². The number of aromatic nitrogens is 1. The van der Waals surface area contributed by atoms with Gasteiger partial charge in [-0.3, -0.25) is 4.79 Å². The Bertz CT molecular complexity index is 802. The molecule has 2 aromatic rings. The van der Waals surface area contributed by atoms with Gasteiger partial charge in [0.1, 0.15) is 22.8 Å². The van der Waals surface area contributed by atoms with E-state index in [2.05, 4.69) is 18.1 Å². The normalized spacial score (nSPS) is 17.4. The van der Waals surface area contributed by atoms with Crippen molar-refractivity contribution in [3.05, 3.63) is 46.3 Å². The van der Waals surface area contributed by atoms with Crippen LogP contribution in [0, 0.1) is 6.92 Å². The van der Waals surface area contributed by atoms with Gasteiger partial charge in [0.2, 0.25) is 0 Å². The van der Waals surface area contributed by atoms with E-state index in [1.807, 2.05) is 37.8 Å². The van der Waals surface area contributed by atoms with Crippen molar-refractivity contribution in [2.45, 2.75) is 52.5 Å². The molecule has 1 aromatic carbocycles. The van der Waals surface area contributed by atoms with Crippen molar-refractivity contribution < 1.29 is 14.1 Å². The van der Waals surface area contributed by atoms with Gasteiger partial charge in [0, 0.05) is 12.0 Å². The second kappa shape index (κ2) is 6.21. The molecule has 2 heterocycles. The lowest BCUT2D eigenvalue weighted by Crippen LogP contribution is -2.39. The van der Waals surface area contributed by atoms with E-state index >= 15 is 0 Å². The van der Waals surface area contributed by atoms with Crippen molar-refractivity contribution in [1.29, 1.82) is 0 Å². The van der Waals surface area contributed by atoms with Gasteiger partial charge >= 0.3 is 0 Å². The second-order valence-electron chi connectivity index (χ2n) is 7.70. The van der Waals surface area contributed by atoms with Crippen molar-refractivity contribution in [3.8, 4) is 5.75 Å². The van der Waals surface area contributed by atoms with Crippen molar-refractivity contribution >= 4 is 5.91 Å². The first-order chi connectivity index (χ1) is 11.7. The molecule has 1 unspecified atom stereocenters. The standard InChI is InChI=1S/C20H26N2O3/c1-12-16-11-15(24-6)8-7-14(16)9-10-22(12)19(23)17-13(2)25-21-18(17)20(3,4)5/h7-8,11-12H,9-10H2,1-6H3. The summed E-state index contributed by atoms with van der Waals surface area (Å²) in [6.07, 6.45) is 0.838. The van der Waals surface area contributed by atoms with Crippen LogP contribution in [0.1, 0.15) is 66.7 Å². The number of benzene rings is 1. The fourth-order valence-electron chi connectivity index (χ4n) is 3.48. The Morgan fingerprint density at radius 3 is 2.72 bits per heavy atom. The minimum Gasteiger partial charge on any atom is -0.497 e. The minimum atomic E-state index is -0.247. The van der Waals surface area contributed by atoms with Gasteiger partial charge in [0.25, 0.3) is 5.91 Å². The highest BCUT2D eigenvalue weighted by Crippen LogP contribution is 2.35. The average Bonchev–Trinajstić information content (AvgIpc) is 2.96. The Labute approximate surface area is 148 Å². The van der Waals surface area contributed by atoms with Gasteiger partial charge in [-0.15, -0.1) is 0 Å². The fraction of sp³-hybridized carbons (Fsp3) is 0.500. The predicted molar refractivity (Wildman–Crippen MR) is 96.1 cm³/mol. The van der Waals surface area contributed by atoms with Crippen molar-refractivity contribution in [3.63, 3.8) is 0 Å². The first-order valence-corrected chi connectivity index (χ1v) is 8.68. The molecule has 5 nitrogen and oxygen atoms in total. The molecule has 5 heteroatoms. The Hall–Kier alpha value is -2.30. The van der Waals surface area contributed by atoms with Gasteiger partial charge in [-0.05, 0) is 43.5 Å². The van der Waals surface area contributed by atoms with E-state index < -0.39 is 0 Å². The molecule has 0 saturated carbocycles. The molecule has 134 valence electrons. The zero-order valence-corrected chi connectivity index (χ0v) is 15.8. The van der Waals surface area contributed by atoms with Crippen LogP contribution in [0.15, 0.2) is 22.7 Å². The average molecular weight is 342 g/mol. The maximum atomic E-state index is 13.3. The highest BCUT2D eigenvalue weighted by molar-refractivity contribution is 5.97. The molecule has 0 bridgehead atoms. The van der Waals surface area contributed by atoms with Gasteiger partial charge in [-0.1, -0.05) is 32.0 Å². The van der Waals surface area contributed by atoms with Crippen LogP contribution in [0.5, 0.6) is 5.75 Å². The largest absolute Gasteiger partial charge is 0.497 e. The Morgan fingerprint density at radius 1 is 1.36 bits per heavy atom. The number of hydrogen-bond donors (Lipinski definition) is 0. The Balaban J connectivity index is 1.98. The summed E-state index contributed by atoms with van der Waals surface area (Å²) in [5.41, 5.74) is 3.49. The summed E-state index contributed by atoms with van der Waals surface area (Å²) in [6, 6.07) is 6.08. The zero-order valence-electron chi connectivity index (χ0n) is 15.8. The van der Waals surface area contributed by atoms with Crippen LogP contribution in [0.4, 0.5) is 0 Å². The summed E-state index contributed by atoms with van der Waals surface area (Å²) in [5.74, 6) is 1.39. The van der Waals surface area contributed by atoms with E-state index in [1.165, 1.54) is 5.56 Å². The summed E-state index contributed by atoms with van der Waals surface area (Å²) < 4.78 is 10.7. The molecule has 1 amide bonds. The summed E-state index contributed by atoms with van der Waals surface area (Å²) in [5, 5.41) is 4.16. The van der Waals surface area contributed by atoms with Crippen LogP contribution in [0.2, 0.25) is 0 Å². The van der Waals surface area contributed by atoms with Gasteiger partial charge in [-0.2, -0.15) is 0 Å². The van der Waals surface area contributed by atoms with Gasteiger partial charge in [0.15, 0.2) is 0 Å². The number of carbonyl (C=O) groups is 1. The predicted octanol–water partition coefficient (Wildman–Crippen LogP) is 4.05. The maximum absolute atomic E-state index is 13.3. The fourth-order valence-corrected chi connectivity index (χ4v) is 3.48. The lowest BCUT2D eigenvalue weighted by molar-refractivity contribution is 0.0673. The SMILES string of the molecule is COc1ccc2c(c1)C(C)N(C(=O)c1c(C(C)(C)C)noc1C)CC2. The number of methoxy groups -OCH3 is 1. The van der Waals surface area contributed by atoms with Gasteiger partial charge in [0.05, 0.1) is 13.2 Å². The molecule has 0 spiro atoms. The van der Waals surface area contributed by atoms with E-state index in [9.17, 15) is 4.79 Å². The lowest BCUT2D eigenvalue weighted by Gasteiger charge is -2.36. The molecule has 25 heavy (non-hydrogen) atoms. The third-order valence-electron chi connectivity index (χ3n) is 4.94. The van der Waals surface area contributed by atoms with E-state index in [4.69, 9.17) is 9.26 Å². The second-order valence-corrected chi connectivity index (χ2v) is 7.70. The van der Waals surface area contributed by atoms with Crippen LogP contribution >= 0.6 is 0 Å². The third kappa shape index (κ3) is 3.03. The molecule has 3 rings (SSSR count). The summed E-state index contributed by atoms with van der Waals surface area (Å²) in [6.45, 7) is 10.7. The van der Waals surface area contributed by atoms with Crippen LogP contribution in [0.25, 0.3) is 0 Å². The molecule has 0 aliphatic carbocycles. The number of nitrogens with zero attached hydrogens (tertiary/aromatic N) is 2. The van der Waals surface area contributed by atoms with Gasteiger partial charge in [-0.25, -0.2) is 0 Å². The van der Waals surface area contributed by atoms with Crippen molar-refractivity contribution in [2.75, 3.05) is 13.7 Å². The molecule has 1 aromatic heterocycles. The Morgan fingerprint density at radius 2 is 2.08 bits per heavy atom. The van der Waals surface area contributed by atoms with Crippen LogP contribution in [-0.4, -0.2) is 29.6 Å². The molecule has 0 radical (unpaired) electrons. The van der Waals surface area contributed by atoms with E-state index in [0.29, 0.717) is 17.9 Å². The van der Waals surface area contributed by atoms with Crippen molar-refractivity contribution in [2.24, 2.45) is 0 Å². The zero-order chi connectivity index (χ0) is 18.4. The van der Waals surface area contributed by atoms with Crippen LogP contribution in [0.3, 0.4) is 0 Å². The number of amides is 1. The smallest absolute Gasteiger partial charge is 0.259 e. The topological polar surface area (TPSA) is 55.6 Å². The van der Waals surface area contributed by atoms with E-state index in [1.54, 1.807) is 14.0 Å². The quantitative estimate of drug-likeness (QED) is 0.826. The van der Waals surface area contributed by atoms with Crippen LogP contribution < -0.4 is 4.74 Å². The number of aryl methyl sites for hydroxylation is 1. The molecular weight excluding hydrogens is 316 g/mol. The molecule has 0 fully saturated rings.